The zero-order chi connectivity index (χ0) is 12.3. The molecule has 2 rings (SSSR count). The molecule has 1 heterocycles. The molecule has 1 aromatic heterocycles. The minimum atomic E-state index is -0.0528. The Morgan fingerprint density at radius 2 is 2.35 bits per heavy atom. The monoisotopic (exact) mass is 234 g/mol. The smallest absolute Gasteiger partial charge is 0.251 e. The van der Waals surface area contributed by atoms with Crippen LogP contribution in [0, 0.1) is 5.92 Å². The summed E-state index contributed by atoms with van der Waals surface area (Å²) in [5, 5.41) is 3.04. The van der Waals surface area contributed by atoms with E-state index < -0.39 is 0 Å². The van der Waals surface area contributed by atoms with Crippen molar-refractivity contribution in [3.05, 3.63) is 23.9 Å². The topological polar surface area (TPSA) is 80.0 Å². The van der Waals surface area contributed by atoms with Gasteiger partial charge in [-0.15, -0.1) is 0 Å². The van der Waals surface area contributed by atoms with Gasteiger partial charge in [-0.05, 0) is 37.3 Å². The molecule has 1 aliphatic carbocycles. The Morgan fingerprint density at radius 3 is 3.00 bits per heavy atom. The van der Waals surface area contributed by atoms with Crippen LogP contribution in [0.1, 0.15) is 36.5 Å². The number of nitrogen functional groups attached to an aromatic ring is 1. The molecule has 0 spiro atoms. The Hall–Kier alpha value is -1.62. The number of carbonyl (C=O) groups excluding carboxylic acids is 1. The minimum absolute atomic E-state index is 0.0528. The van der Waals surface area contributed by atoms with Gasteiger partial charge in [0.15, 0.2) is 0 Å². The number of hydrazine groups is 1. The molecular weight excluding hydrogens is 216 g/mol. The number of anilines is 1. The van der Waals surface area contributed by atoms with Crippen LogP contribution in [0.4, 0.5) is 5.82 Å². The predicted octanol–water partition coefficient (Wildman–Crippen LogP) is 1.29. The van der Waals surface area contributed by atoms with Gasteiger partial charge in [-0.2, -0.15) is 0 Å². The van der Waals surface area contributed by atoms with Crippen LogP contribution >= 0.6 is 0 Å². The third kappa shape index (κ3) is 2.94. The van der Waals surface area contributed by atoms with Gasteiger partial charge in [-0.25, -0.2) is 10.8 Å². The lowest BCUT2D eigenvalue weighted by Crippen LogP contribution is -2.33. The second-order valence-corrected chi connectivity index (χ2v) is 4.66. The lowest BCUT2D eigenvalue weighted by molar-refractivity contribution is 0.0937. The molecule has 1 aliphatic rings. The van der Waals surface area contributed by atoms with Crippen molar-refractivity contribution in [3.8, 4) is 0 Å². The van der Waals surface area contributed by atoms with Crippen LogP contribution in [-0.2, 0) is 0 Å². The van der Waals surface area contributed by atoms with Crippen molar-refractivity contribution in [1.82, 2.24) is 10.3 Å². The molecule has 1 saturated carbocycles. The Morgan fingerprint density at radius 1 is 1.53 bits per heavy atom. The van der Waals surface area contributed by atoms with Gasteiger partial charge in [0.25, 0.3) is 5.91 Å². The van der Waals surface area contributed by atoms with Gasteiger partial charge < -0.3 is 10.7 Å². The SMILES string of the molecule is CC1CCC(NC(=O)c2ccnc(NN)c2)C1. The van der Waals surface area contributed by atoms with E-state index in [0.717, 1.165) is 12.8 Å². The number of nitrogens with two attached hydrogens (primary N) is 1. The largest absolute Gasteiger partial charge is 0.349 e. The zero-order valence-electron chi connectivity index (χ0n) is 9.94. The van der Waals surface area contributed by atoms with Gasteiger partial charge in [-0.1, -0.05) is 6.92 Å². The number of carbonyl (C=O) groups is 1. The van der Waals surface area contributed by atoms with Crippen LogP contribution in [0.5, 0.6) is 0 Å². The zero-order valence-corrected chi connectivity index (χ0v) is 9.94. The summed E-state index contributed by atoms with van der Waals surface area (Å²) in [6.45, 7) is 2.22. The summed E-state index contributed by atoms with van der Waals surface area (Å²) >= 11 is 0. The molecule has 5 heteroatoms. The third-order valence-corrected chi connectivity index (χ3v) is 3.20. The van der Waals surface area contributed by atoms with Crippen LogP contribution in [0.2, 0.25) is 0 Å². The van der Waals surface area contributed by atoms with E-state index in [1.807, 2.05) is 0 Å². The van der Waals surface area contributed by atoms with E-state index in [2.05, 4.69) is 22.7 Å². The molecule has 0 bridgehead atoms. The Bertz CT molecular complexity index is 407. The molecule has 0 aliphatic heterocycles. The maximum Gasteiger partial charge on any atom is 0.251 e. The first-order valence-corrected chi connectivity index (χ1v) is 5.92. The normalized spacial score (nSPS) is 23.4. The molecule has 1 fully saturated rings. The summed E-state index contributed by atoms with van der Waals surface area (Å²) in [6, 6.07) is 3.64. The molecule has 2 unspecified atom stereocenters. The van der Waals surface area contributed by atoms with E-state index >= 15 is 0 Å². The standard InChI is InChI=1S/C12H18N4O/c1-8-2-3-10(6-8)15-12(17)9-4-5-14-11(7-9)16-13/h4-5,7-8,10H,2-3,6,13H2,1H3,(H,14,16)(H,15,17). The number of nitrogens with one attached hydrogen (secondary N) is 2. The van der Waals surface area contributed by atoms with Crippen molar-refractivity contribution in [1.29, 1.82) is 0 Å². The van der Waals surface area contributed by atoms with E-state index in [0.29, 0.717) is 23.3 Å². The van der Waals surface area contributed by atoms with Gasteiger partial charge in [0.2, 0.25) is 0 Å². The van der Waals surface area contributed by atoms with Crippen LogP contribution in [-0.4, -0.2) is 16.9 Å². The van der Waals surface area contributed by atoms with E-state index in [-0.39, 0.29) is 5.91 Å². The number of pyridine rings is 1. The maximum absolute atomic E-state index is 12.0. The third-order valence-electron chi connectivity index (χ3n) is 3.20. The fraction of sp³-hybridized carbons (Fsp3) is 0.500. The summed E-state index contributed by atoms with van der Waals surface area (Å²) in [4.78, 5) is 15.9. The van der Waals surface area contributed by atoms with E-state index in [9.17, 15) is 4.79 Å². The van der Waals surface area contributed by atoms with Crippen LogP contribution in [0.25, 0.3) is 0 Å². The number of amides is 1. The fourth-order valence-electron chi connectivity index (χ4n) is 2.26. The summed E-state index contributed by atoms with van der Waals surface area (Å²) in [5.41, 5.74) is 3.02. The number of hydrogen-bond donors (Lipinski definition) is 3. The van der Waals surface area contributed by atoms with Crippen LogP contribution in [0.3, 0.4) is 0 Å². The molecule has 17 heavy (non-hydrogen) atoms. The first-order valence-electron chi connectivity index (χ1n) is 5.92. The van der Waals surface area contributed by atoms with Gasteiger partial charge >= 0.3 is 0 Å². The van der Waals surface area contributed by atoms with Crippen molar-refractivity contribution < 1.29 is 4.79 Å². The lowest BCUT2D eigenvalue weighted by atomic mass is 10.1. The van der Waals surface area contributed by atoms with Crippen molar-refractivity contribution in [2.24, 2.45) is 11.8 Å². The van der Waals surface area contributed by atoms with Crippen LogP contribution < -0.4 is 16.6 Å². The predicted molar refractivity (Wildman–Crippen MR) is 66.3 cm³/mol. The first kappa shape index (κ1) is 11.9. The number of hydrogen-bond acceptors (Lipinski definition) is 4. The molecule has 1 aromatic rings. The summed E-state index contributed by atoms with van der Waals surface area (Å²) in [6.07, 6.45) is 4.90. The maximum atomic E-state index is 12.0. The van der Waals surface area contributed by atoms with Crippen LogP contribution in [0.15, 0.2) is 18.3 Å². The van der Waals surface area contributed by atoms with Gasteiger partial charge in [0.05, 0.1) is 0 Å². The highest BCUT2D eigenvalue weighted by Gasteiger charge is 2.23. The number of nitrogens with zero attached hydrogens (tertiary/aromatic N) is 1. The van der Waals surface area contributed by atoms with Gasteiger partial charge in [0.1, 0.15) is 5.82 Å². The summed E-state index contributed by atoms with van der Waals surface area (Å²) in [7, 11) is 0. The highest BCUT2D eigenvalue weighted by Crippen LogP contribution is 2.24. The molecule has 0 aromatic carbocycles. The Balaban J connectivity index is 1.99. The number of aromatic nitrogens is 1. The molecule has 92 valence electrons. The minimum Gasteiger partial charge on any atom is -0.349 e. The van der Waals surface area contributed by atoms with Crippen molar-refractivity contribution in [2.45, 2.75) is 32.2 Å². The Kier molecular flexibility index (Phi) is 3.58. The average Bonchev–Trinajstić information content (AvgIpc) is 2.75. The molecule has 4 N–H and O–H groups in total. The quantitative estimate of drug-likeness (QED) is 0.544. The average molecular weight is 234 g/mol. The molecule has 5 nitrogen and oxygen atoms in total. The second kappa shape index (κ2) is 5.14. The molecule has 0 radical (unpaired) electrons. The highest BCUT2D eigenvalue weighted by molar-refractivity contribution is 5.94. The summed E-state index contributed by atoms with van der Waals surface area (Å²) in [5.74, 6) is 6.41. The number of rotatable bonds is 3. The second-order valence-electron chi connectivity index (χ2n) is 4.66. The molecule has 1 amide bonds. The van der Waals surface area contributed by atoms with Crippen molar-refractivity contribution in [3.63, 3.8) is 0 Å². The first-order chi connectivity index (χ1) is 8.19. The highest BCUT2D eigenvalue weighted by atomic mass is 16.1. The molecule has 0 saturated heterocycles. The van der Waals surface area contributed by atoms with E-state index in [1.165, 1.54) is 6.42 Å². The van der Waals surface area contributed by atoms with Gasteiger partial charge in [-0.3, -0.25) is 4.79 Å². The van der Waals surface area contributed by atoms with E-state index in [1.54, 1.807) is 18.3 Å². The summed E-state index contributed by atoms with van der Waals surface area (Å²) < 4.78 is 0. The van der Waals surface area contributed by atoms with Crippen molar-refractivity contribution >= 4 is 11.7 Å². The Labute approximate surface area is 101 Å². The fourth-order valence-corrected chi connectivity index (χ4v) is 2.26. The van der Waals surface area contributed by atoms with Crippen molar-refractivity contribution in [2.75, 3.05) is 5.43 Å². The lowest BCUT2D eigenvalue weighted by Gasteiger charge is -2.12. The van der Waals surface area contributed by atoms with Gasteiger partial charge in [0, 0.05) is 17.8 Å². The van der Waals surface area contributed by atoms with E-state index in [4.69, 9.17) is 5.84 Å². The molecular formula is C12H18N4O. The molecule has 2 atom stereocenters.